The van der Waals surface area contributed by atoms with Crippen LogP contribution in [0.15, 0.2) is 12.4 Å². The molecule has 0 spiro atoms. The molecule has 1 aliphatic heterocycles. The zero-order valence-electron chi connectivity index (χ0n) is 13.2. The molecule has 1 unspecified atom stereocenters. The Kier molecular flexibility index (Phi) is 5.07. The lowest BCUT2D eigenvalue weighted by Gasteiger charge is -2.30. The molecule has 1 aromatic heterocycles. The van der Waals surface area contributed by atoms with Crippen LogP contribution in [-0.4, -0.2) is 29.1 Å². The van der Waals surface area contributed by atoms with Gasteiger partial charge in [0.25, 0.3) is 0 Å². The van der Waals surface area contributed by atoms with Crippen molar-refractivity contribution < 1.29 is 0 Å². The smallest absolute Gasteiger partial charge is 0.147 e. The number of rotatable bonds is 6. The van der Waals surface area contributed by atoms with Gasteiger partial charge in [-0.2, -0.15) is 0 Å². The highest BCUT2D eigenvalue weighted by Crippen LogP contribution is 2.36. The molecule has 0 aromatic carbocycles. The first-order valence-corrected chi connectivity index (χ1v) is 8.66. The van der Waals surface area contributed by atoms with E-state index in [0.29, 0.717) is 6.04 Å². The number of hydrogen-bond acceptors (Lipinski definition) is 4. The second-order valence-corrected chi connectivity index (χ2v) is 6.49. The summed E-state index contributed by atoms with van der Waals surface area (Å²) in [5, 5.41) is 3.38. The van der Waals surface area contributed by atoms with E-state index < -0.39 is 0 Å². The molecule has 0 amide bonds. The van der Waals surface area contributed by atoms with Gasteiger partial charge in [0.15, 0.2) is 0 Å². The van der Waals surface area contributed by atoms with Crippen LogP contribution in [-0.2, 0) is 6.54 Å². The maximum atomic E-state index is 4.68. The van der Waals surface area contributed by atoms with Crippen molar-refractivity contribution in [3.05, 3.63) is 18.1 Å². The Morgan fingerprint density at radius 1 is 1.14 bits per heavy atom. The molecule has 4 nitrogen and oxygen atoms in total. The predicted molar refractivity (Wildman–Crippen MR) is 86.4 cm³/mol. The molecule has 0 radical (unpaired) electrons. The molecular formula is C17H28N4. The van der Waals surface area contributed by atoms with E-state index in [4.69, 9.17) is 0 Å². The number of nitrogens with one attached hydrogen (secondary N) is 1. The molecule has 0 bridgehead atoms. The minimum absolute atomic E-state index is 0.714. The van der Waals surface area contributed by atoms with Gasteiger partial charge >= 0.3 is 0 Å². The second-order valence-electron chi connectivity index (χ2n) is 6.49. The van der Waals surface area contributed by atoms with E-state index in [1.807, 2.05) is 12.4 Å². The van der Waals surface area contributed by atoms with Crippen molar-refractivity contribution in [3.63, 3.8) is 0 Å². The Morgan fingerprint density at radius 3 is 2.71 bits per heavy atom. The molecule has 1 aliphatic carbocycles. The monoisotopic (exact) mass is 288 g/mol. The molecule has 1 N–H and O–H groups in total. The summed E-state index contributed by atoms with van der Waals surface area (Å²) in [4.78, 5) is 11.8. The standard InChI is InChI=1S/C17H28N4/c1-2-9-18-11-15-12-20-17(13-19-15)21-10-5-8-16(21)14-6-3-4-7-14/h12-14,16,18H,2-11H2,1H3. The van der Waals surface area contributed by atoms with Gasteiger partial charge in [0.1, 0.15) is 5.82 Å². The van der Waals surface area contributed by atoms with Gasteiger partial charge in [0, 0.05) is 19.1 Å². The number of anilines is 1. The van der Waals surface area contributed by atoms with Crippen LogP contribution in [0.4, 0.5) is 5.82 Å². The van der Waals surface area contributed by atoms with Crippen molar-refractivity contribution in [1.29, 1.82) is 0 Å². The van der Waals surface area contributed by atoms with Crippen molar-refractivity contribution in [1.82, 2.24) is 15.3 Å². The van der Waals surface area contributed by atoms with E-state index in [9.17, 15) is 0 Å². The molecule has 1 saturated carbocycles. The number of aromatic nitrogens is 2. The van der Waals surface area contributed by atoms with E-state index in [1.165, 1.54) is 38.5 Å². The minimum atomic E-state index is 0.714. The van der Waals surface area contributed by atoms with Gasteiger partial charge in [-0.3, -0.25) is 4.98 Å². The predicted octanol–water partition coefficient (Wildman–Crippen LogP) is 3.14. The Labute approximate surface area is 128 Å². The molecule has 2 heterocycles. The van der Waals surface area contributed by atoms with E-state index in [-0.39, 0.29) is 0 Å². The maximum absolute atomic E-state index is 4.68. The normalized spacial score (nSPS) is 23.1. The van der Waals surface area contributed by atoms with Gasteiger partial charge in [0.2, 0.25) is 0 Å². The highest BCUT2D eigenvalue weighted by Gasteiger charge is 2.33. The first-order chi connectivity index (χ1) is 10.4. The lowest BCUT2D eigenvalue weighted by molar-refractivity contribution is 0.429. The molecule has 21 heavy (non-hydrogen) atoms. The zero-order valence-corrected chi connectivity index (χ0v) is 13.2. The van der Waals surface area contributed by atoms with Gasteiger partial charge < -0.3 is 10.2 Å². The molecule has 2 fully saturated rings. The fourth-order valence-electron chi connectivity index (χ4n) is 3.89. The van der Waals surface area contributed by atoms with Gasteiger partial charge in [-0.05, 0) is 44.6 Å². The third-order valence-corrected chi connectivity index (χ3v) is 4.96. The van der Waals surface area contributed by atoms with Crippen LogP contribution in [0.1, 0.15) is 57.6 Å². The van der Waals surface area contributed by atoms with Gasteiger partial charge in [0.05, 0.1) is 18.1 Å². The van der Waals surface area contributed by atoms with Crippen LogP contribution >= 0.6 is 0 Å². The first kappa shape index (κ1) is 14.8. The molecule has 3 rings (SSSR count). The van der Waals surface area contributed by atoms with Crippen molar-refractivity contribution in [2.75, 3.05) is 18.0 Å². The lowest BCUT2D eigenvalue weighted by Crippen LogP contribution is -2.35. The van der Waals surface area contributed by atoms with Gasteiger partial charge in [-0.25, -0.2) is 4.98 Å². The summed E-state index contributed by atoms with van der Waals surface area (Å²) in [6.07, 6.45) is 13.4. The number of hydrogen-bond donors (Lipinski definition) is 1. The highest BCUT2D eigenvalue weighted by atomic mass is 15.2. The average molecular weight is 288 g/mol. The zero-order chi connectivity index (χ0) is 14.5. The summed E-state index contributed by atoms with van der Waals surface area (Å²) in [6.45, 7) is 5.20. The summed E-state index contributed by atoms with van der Waals surface area (Å²) in [5.74, 6) is 1.98. The Bertz CT molecular complexity index is 425. The third-order valence-electron chi connectivity index (χ3n) is 4.96. The molecule has 1 aromatic rings. The highest BCUT2D eigenvalue weighted by molar-refractivity contribution is 5.39. The summed E-state index contributed by atoms with van der Waals surface area (Å²) in [7, 11) is 0. The molecule has 116 valence electrons. The lowest BCUT2D eigenvalue weighted by atomic mass is 9.96. The Morgan fingerprint density at radius 2 is 2.00 bits per heavy atom. The summed E-state index contributed by atoms with van der Waals surface area (Å²) < 4.78 is 0. The fourth-order valence-corrected chi connectivity index (χ4v) is 3.89. The average Bonchev–Trinajstić information content (AvgIpc) is 3.19. The van der Waals surface area contributed by atoms with Crippen molar-refractivity contribution in [2.24, 2.45) is 5.92 Å². The van der Waals surface area contributed by atoms with E-state index >= 15 is 0 Å². The topological polar surface area (TPSA) is 41.1 Å². The van der Waals surface area contributed by atoms with E-state index in [0.717, 1.165) is 43.5 Å². The van der Waals surface area contributed by atoms with Crippen molar-refractivity contribution >= 4 is 5.82 Å². The largest absolute Gasteiger partial charge is 0.352 e. The van der Waals surface area contributed by atoms with Crippen LogP contribution in [0.3, 0.4) is 0 Å². The van der Waals surface area contributed by atoms with E-state index in [2.05, 4.69) is 27.1 Å². The Balaban J connectivity index is 1.62. The fraction of sp³-hybridized carbons (Fsp3) is 0.765. The Hall–Kier alpha value is -1.16. The second kappa shape index (κ2) is 7.21. The van der Waals surface area contributed by atoms with Crippen LogP contribution in [0.25, 0.3) is 0 Å². The first-order valence-electron chi connectivity index (χ1n) is 8.66. The van der Waals surface area contributed by atoms with Crippen molar-refractivity contribution in [3.8, 4) is 0 Å². The molecule has 1 saturated heterocycles. The molecule has 4 heteroatoms. The minimum Gasteiger partial charge on any atom is -0.352 e. The third kappa shape index (κ3) is 3.54. The van der Waals surface area contributed by atoms with Crippen LogP contribution in [0, 0.1) is 5.92 Å². The quantitative estimate of drug-likeness (QED) is 0.817. The van der Waals surface area contributed by atoms with E-state index in [1.54, 1.807) is 0 Å². The van der Waals surface area contributed by atoms with Gasteiger partial charge in [-0.1, -0.05) is 19.8 Å². The summed E-state index contributed by atoms with van der Waals surface area (Å²) in [6, 6.07) is 0.714. The van der Waals surface area contributed by atoms with Crippen LogP contribution in [0.5, 0.6) is 0 Å². The summed E-state index contributed by atoms with van der Waals surface area (Å²) >= 11 is 0. The van der Waals surface area contributed by atoms with Crippen LogP contribution in [0.2, 0.25) is 0 Å². The summed E-state index contributed by atoms with van der Waals surface area (Å²) in [5.41, 5.74) is 1.05. The molecule has 2 aliphatic rings. The molecule has 1 atom stereocenters. The van der Waals surface area contributed by atoms with Crippen LogP contribution < -0.4 is 10.2 Å². The van der Waals surface area contributed by atoms with Gasteiger partial charge in [-0.15, -0.1) is 0 Å². The number of nitrogens with zero attached hydrogens (tertiary/aromatic N) is 3. The SMILES string of the molecule is CCCNCc1cnc(N2CCCC2C2CCCC2)cn1. The maximum Gasteiger partial charge on any atom is 0.147 e. The van der Waals surface area contributed by atoms with Crippen molar-refractivity contribution in [2.45, 2.75) is 64.5 Å². The molecular weight excluding hydrogens is 260 g/mol.